The smallest absolute Gasteiger partial charge is 0.309 e. The lowest BCUT2D eigenvalue weighted by molar-refractivity contribution is -0.152. The van der Waals surface area contributed by atoms with Gasteiger partial charge in [0.15, 0.2) is 0 Å². The molecule has 2 rings (SSSR count). The van der Waals surface area contributed by atoms with Crippen LogP contribution in [0.2, 0.25) is 0 Å². The number of thioether (sulfide) groups is 1. The van der Waals surface area contributed by atoms with Crippen LogP contribution in [0.4, 0.5) is 0 Å². The molecule has 0 amide bonds. The van der Waals surface area contributed by atoms with Crippen molar-refractivity contribution in [1.82, 2.24) is 4.90 Å². The number of hydrogen-bond donors (Lipinski definition) is 1. The Morgan fingerprint density at radius 3 is 2.50 bits per heavy atom. The van der Waals surface area contributed by atoms with Crippen molar-refractivity contribution in [3.8, 4) is 0 Å². The molecule has 1 aromatic carbocycles. The van der Waals surface area contributed by atoms with Gasteiger partial charge in [0, 0.05) is 17.2 Å². The Labute approximate surface area is 125 Å². The summed E-state index contributed by atoms with van der Waals surface area (Å²) < 4.78 is 0. The number of rotatable bonds is 6. The summed E-state index contributed by atoms with van der Waals surface area (Å²) >= 11 is 1.87. The van der Waals surface area contributed by atoms with E-state index in [9.17, 15) is 9.90 Å². The van der Waals surface area contributed by atoms with Gasteiger partial charge in [0.05, 0.1) is 5.41 Å². The van der Waals surface area contributed by atoms with Crippen LogP contribution in [0.25, 0.3) is 0 Å². The first-order chi connectivity index (χ1) is 9.66. The molecule has 4 heteroatoms. The fourth-order valence-corrected chi connectivity index (χ4v) is 3.67. The zero-order chi connectivity index (χ0) is 14.4. The summed E-state index contributed by atoms with van der Waals surface area (Å²) in [5.41, 5.74) is -0.469. The van der Waals surface area contributed by atoms with Crippen LogP contribution in [0.5, 0.6) is 0 Å². The van der Waals surface area contributed by atoms with Crippen LogP contribution >= 0.6 is 11.8 Å². The number of carbonyl (C=O) groups is 1. The third kappa shape index (κ3) is 3.76. The predicted molar refractivity (Wildman–Crippen MR) is 83.2 cm³/mol. The van der Waals surface area contributed by atoms with Gasteiger partial charge in [0.1, 0.15) is 0 Å². The minimum absolute atomic E-state index is 0.469. The Kier molecular flexibility index (Phi) is 5.49. The number of piperidine rings is 1. The second-order valence-corrected chi connectivity index (χ2v) is 6.61. The molecule has 1 heterocycles. The second-order valence-electron chi connectivity index (χ2n) is 5.44. The molecule has 3 nitrogen and oxygen atoms in total. The molecule has 110 valence electrons. The molecule has 20 heavy (non-hydrogen) atoms. The van der Waals surface area contributed by atoms with Gasteiger partial charge in [-0.1, -0.05) is 25.1 Å². The Morgan fingerprint density at radius 1 is 1.30 bits per heavy atom. The highest BCUT2D eigenvalue weighted by Gasteiger charge is 2.39. The van der Waals surface area contributed by atoms with Crippen LogP contribution in [0.1, 0.15) is 26.2 Å². The van der Waals surface area contributed by atoms with Crippen molar-refractivity contribution in [2.24, 2.45) is 5.41 Å². The van der Waals surface area contributed by atoms with E-state index >= 15 is 0 Å². The topological polar surface area (TPSA) is 40.5 Å². The zero-order valence-electron chi connectivity index (χ0n) is 12.0. The molecule has 0 aromatic heterocycles. The molecule has 1 N–H and O–H groups in total. The van der Waals surface area contributed by atoms with E-state index in [1.165, 1.54) is 4.90 Å². The molecule has 0 atom stereocenters. The van der Waals surface area contributed by atoms with Gasteiger partial charge in [-0.3, -0.25) is 4.79 Å². The van der Waals surface area contributed by atoms with Gasteiger partial charge in [-0.25, -0.2) is 0 Å². The van der Waals surface area contributed by atoms with E-state index in [1.807, 2.05) is 24.8 Å². The molecule has 0 saturated carbocycles. The van der Waals surface area contributed by atoms with Crippen molar-refractivity contribution >= 4 is 17.7 Å². The fraction of sp³-hybridized carbons (Fsp3) is 0.562. The highest BCUT2D eigenvalue weighted by atomic mass is 32.2. The number of carboxylic acid groups (broad SMARTS) is 1. The Bertz CT molecular complexity index is 427. The lowest BCUT2D eigenvalue weighted by Gasteiger charge is -2.38. The largest absolute Gasteiger partial charge is 0.481 e. The minimum Gasteiger partial charge on any atom is -0.481 e. The molecular formula is C16H23NO2S. The average molecular weight is 293 g/mol. The lowest BCUT2D eigenvalue weighted by atomic mass is 9.76. The van der Waals surface area contributed by atoms with Crippen molar-refractivity contribution < 1.29 is 9.90 Å². The highest BCUT2D eigenvalue weighted by molar-refractivity contribution is 7.99. The van der Waals surface area contributed by atoms with E-state index in [0.717, 1.165) is 44.6 Å². The van der Waals surface area contributed by atoms with Gasteiger partial charge >= 0.3 is 5.97 Å². The summed E-state index contributed by atoms with van der Waals surface area (Å²) in [7, 11) is 0. The molecule has 1 fully saturated rings. The first kappa shape index (κ1) is 15.4. The van der Waals surface area contributed by atoms with Crippen LogP contribution in [-0.4, -0.2) is 41.4 Å². The van der Waals surface area contributed by atoms with Gasteiger partial charge in [0.2, 0.25) is 0 Å². The SMILES string of the molecule is CCC1(C(=O)O)CCN(CCSc2ccccc2)CC1. The number of aliphatic carboxylic acids is 1. The zero-order valence-corrected chi connectivity index (χ0v) is 12.9. The van der Waals surface area contributed by atoms with Crippen LogP contribution < -0.4 is 0 Å². The van der Waals surface area contributed by atoms with E-state index in [-0.39, 0.29) is 0 Å². The molecular weight excluding hydrogens is 270 g/mol. The van der Waals surface area contributed by atoms with Crippen molar-refractivity contribution in [3.05, 3.63) is 30.3 Å². The summed E-state index contributed by atoms with van der Waals surface area (Å²) in [4.78, 5) is 15.1. The van der Waals surface area contributed by atoms with E-state index < -0.39 is 11.4 Å². The van der Waals surface area contributed by atoms with E-state index in [2.05, 4.69) is 29.2 Å². The van der Waals surface area contributed by atoms with Crippen LogP contribution in [0.15, 0.2) is 35.2 Å². The third-order valence-electron chi connectivity index (χ3n) is 4.36. The number of likely N-dealkylation sites (tertiary alicyclic amines) is 1. The molecule has 1 aliphatic rings. The summed E-state index contributed by atoms with van der Waals surface area (Å²) in [5, 5.41) is 9.38. The number of benzene rings is 1. The summed E-state index contributed by atoms with van der Waals surface area (Å²) in [6.07, 6.45) is 2.32. The standard InChI is InChI=1S/C16H23NO2S/c1-2-16(15(18)19)8-10-17(11-9-16)12-13-20-14-6-4-3-5-7-14/h3-7H,2,8-13H2,1H3,(H,18,19). The predicted octanol–water partition coefficient (Wildman–Crippen LogP) is 3.36. The minimum atomic E-state index is -0.613. The highest BCUT2D eigenvalue weighted by Crippen LogP contribution is 2.35. The van der Waals surface area contributed by atoms with Gasteiger partial charge in [-0.15, -0.1) is 11.8 Å². The average Bonchev–Trinajstić information content (AvgIpc) is 2.49. The molecule has 0 radical (unpaired) electrons. The van der Waals surface area contributed by atoms with Crippen molar-refractivity contribution in [2.75, 3.05) is 25.4 Å². The van der Waals surface area contributed by atoms with Crippen LogP contribution in [0, 0.1) is 5.41 Å². The van der Waals surface area contributed by atoms with Gasteiger partial charge in [-0.2, -0.15) is 0 Å². The molecule has 0 spiro atoms. The number of hydrogen-bond acceptors (Lipinski definition) is 3. The maximum atomic E-state index is 11.4. The van der Waals surface area contributed by atoms with E-state index in [4.69, 9.17) is 0 Å². The van der Waals surface area contributed by atoms with Gasteiger partial charge < -0.3 is 10.0 Å². The summed E-state index contributed by atoms with van der Waals surface area (Å²) in [6, 6.07) is 10.4. The Morgan fingerprint density at radius 2 is 1.95 bits per heavy atom. The first-order valence-electron chi connectivity index (χ1n) is 7.30. The van der Waals surface area contributed by atoms with Crippen LogP contribution in [0.3, 0.4) is 0 Å². The normalized spacial score (nSPS) is 18.9. The molecule has 0 unspecified atom stereocenters. The third-order valence-corrected chi connectivity index (χ3v) is 5.36. The maximum Gasteiger partial charge on any atom is 0.309 e. The Balaban J connectivity index is 1.73. The fourth-order valence-electron chi connectivity index (χ4n) is 2.73. The number of nitrogens with zero attached hydrogens (tertiary/aromatic N) is 1. The van der Waals surface area contributed by atoms with E-state index in [1.54, 1.807) is 0 Å². The molecule has 1 aliphatic heterocycles. The summed E-state index contributed by atoms with van der Waals surface area (Å²) in [6.45, 7) is 4.86. The van der Waals surface area contributed by atoms with Crippen molar-refractivity contribution in [2.45, 2.75) is 31.1 Å². The van der Waals surface area contributed by atoms with E-state index in [0.29, 0.717) is 0 Å². The second kappa shape index (κ2) is 7.14. The molecule has 0 aliphatic carbocycles. The molecule has 1 aromatic rings. The van der Waals surface area contributed by atoms with Gasteiger partial charge in [-0.05, 0) is 44.5 Å². The summed E-state index contributed by atoms with van der Waals surface area (Å²) in [5.74, 6) is 0.453. The van der Waals surface area contributed by atoms with Crippen molar-refractivity contribution in [3.63, 3.8) is 0 Å². The van der Waals surface area contributed by atoms with Crippen molar-refractivity contribution in [1.29, 1.82) is 0 Å². The maximum absolute atomic E-state index is 11.4. The lowest BCUT2D eigenvalue weighted by Crippen LogP contribution is -2.44. The van der Waals surface area contributed by atoms with Crippen LogP contribution in [-0.2, 0) is 4.79 Å². The monoisotopic (exact) mass is 293 g/mol. The molecule has 1 saturated heterocycles. The quantitative estimate of drug-likeness (QED) is 0.817. The first-order valence-corrected chi connectivity index (χ1v) is 8.28. The Hall–Kier alpha value is -1.00. The van der Waals surface area contributed by atoms with Gasteiger partial charge in [0.25, 0.3) is 0 Å². The molecule has 0 bridgehead atoms. The number of carboxylic acids is 1.